The molecule has 1 aliphatic heterocycles. The predicted octanol–water partition coefficient (Wildman–Crippen LogP) is 1.80. The topological polar surface area (TPSA) is 222 Å². The Balaban J connectivity index is 2.60. The largest absolute Gasteiger partial charge is 0.465 e. The van der Waals surface area contributed by atoms with E-state index < -0.39 is 72.6 Å². The first-order chi connectivity index (χ1) is 27.3. The molecule has 0 radical (unpaired) electrons. The molecule has 0 aromatic carbocycles. The Morgan fingerprint density at radius 2 is 0.690 bits per heavy atom. The minimum atomic E-state index is -1.23. The lowest BCUT2D eigenvalue weighted by Crippen LogP contribution is -2.62. The fraction of sp³-hybridized carbons (Fsp3) is 0.800. The van der Waals surface area contributed by atoms with Crippen LogP contribution in [0.1, 0.15) is 93.9 Å². The summed E-state index contributed by atoms with van der Waals surface area (Å²) in [5.74, 6) is -3.76. The van der Waals surface area contributed by atoms with Crippen LogP contribution in [0, 0.1) is 23.7 Å². The molecule has 0 aromatic heterocycles. The van der Waals surface area contributed by atoms with Crippen LogP contribution in [0.5, 0.6) is 0 Å². The Hall–Kier alpha value is -4.32. The number of nitrogens with zero attached hydrogens (tertiary/aromatic N) is 2. The molecule has 0 spiro atoms. The van der Waals surface area contributed by atoms with Crippen molar-refractivity contribution in [3.63, 3.8) is 0 Å². The standard InChI is InChI=1S/C40H68N4O14/c1-27(2)23-55-33(45)9-13-43(14-10-34(46)56-24-28(3)4)17-19-53-37(49)21-31-39(51)42-32(40(52)41-31)22-38(50)54-20-18-44(15-11-35(47)57-25-29(5)6)16-12-36(48)58-26-30(7)8/h27-32H,9-26H2,1-8H3,(H,41,52)(H,42,51). The molecule has 2 amide bonds. The lowest BCUT2D eigenvalue weighted by Gasteiger charge is -2.29. The van der Waals surface area contributed by atoms with Gasteiger partial charge in [-0.15, -0.1) is 0 Å². The number of esters is 6. The second kappa shape index (κ2) is 29.0. The Morgan fingerprint density at radius 1 is 0.431 bits per heavy atom. The Kier molecular flexibility index (Phi) is 25.8. The van der Waals surface area contributed by atoms with Crippen LogP contribution in [0.25, 0.3) is 0 Å². The second-order valence-corrected chi connectivity index (χ2v) is 16.0. The van der Waals surface area contributed by atoms with Crippen LogP contribution < -0.4 is 10.6 Å². The molecule has 332 valence electrons. The van der Waals surface area contributed by atoms with Gasteiger partial charge in [-0.1, -0.05) is 55.4 Å². The van der Waals surface area contributed by atoms with Crippen LogP contribution in [-0.2, 0) is 66.8 Å². The van der Waals surface area contributed by atoms with Gasteiger partial charge in [-0.05, 0) is 23.7 Å². The van der Waals surface area contributed by atoms with Crippen molar-refractivity contribution in [1.82, 2.24) is 20.4 Å². The van der Waals surface area contributed by atoms with Crippen LogP contribution >= 0.6 is 0 Å². The number of hydrogen-bond acceptors (Lipinski definition) is 16. The summed E-state index contributed by atoms with van der Waals surface area (Å²) in [6.45, 7) is 17.7. The highest BCUT2D eigenvalue weighted by molar-refractivity contribution is 6.00. The summed E-state index contributed by atoms with van der Waals surface area (Å²) in [4.78, 5) is 103. The first-order valence-electron chi connectivity index (χ1n) is 20.3. The Bertz CT molecular complexity index is 1170. The van der Waals surface area contributed by atoms with Gasteiger partial charge >= 0.3 is 35.8 Å². The highest BCUT2D eigenvalue weighted by atomic mass is 16.6. The zero-order valence-electron chi connectivity index (χ0n) is 35.8. The van der Waals surface area contributed by atoms with Crippen molar-refractivity contribution < 1.29 is 66.8 Å². The number of hydrogen-bond donors (Lipinski definition) is 2. The summed E-state index contributed by atoms with van der Waals surface area (Å²) in [5, 5.41) is 4.90. The van der Waals surface area contributed by atoms with Gasteiger partial charge in [-0.2, -0.15) is 0 Å². The normalized spacial score (nSPS) is 15.4. The van der Waals surface area contributed by atoms with Gasteiger partial charge in [0.15, 0.2) is 0 Å². The molecule has 1 fully saturated rings. The first-order valence-corrected chi connectivity index (χ1v) is 20.3. The van der Waals surface area contributed by atoms with Crippen molar-refractivity contribution in [2.24, 2.45) is 23.7 Å². The molecule has 2 unspecified atom stereocenters. The maximum Gasteiger partial charge on any atom is 0.308 e. The number of rotatable bonds is 30. The van der Waals surface area contributed by atoms with E-state index in [1.165, 1.54) is 0 Å². The molecule has 1 rings (SSSR count). The number of carbonyl (C=O) groups excluding carboxylic acids is 8. The Morgan fingerprint density at radius 3 is 0.931 bits per heavy atom. The summed E-state index contributed by atoms with van der Waals surface area (Å²) in [6, 6.07) is -2.47. The maximum atomic E-state index is 12.8. The van der Waals surface area contributed by atoms with E-state index >= 15 is 0 Å². The number of piperazine rings is 1. The predicted molar refractivity (Wildman–Crippen MR) is 210 cm³/mol. The van der Waals surface area contributed by atoms with E-state index in [1.807, 2.05) is 55.4 Å². The van der Waals surface area contributed by atoms with Gasteiger partial charge in [0, 0.05) is 39.3 Å². The van der Waals surface area contributed by atoms with Gasteiger partial charge in [0.1, 0.15) is 25.3 Å². The molecule has 2 atom stereocenters. The SMILES string of the molecule is CC(C)COC(=O)CCN(CCOC(=O)CC1NC(=O)C(CC(=O)OCCN(CCC(=O)OCC(C)C)CCC(=O)OCC(C)C)NC1=O)CCC(=O)OCC(C)C. The molecule has 1 saturated heterocycles. The molecule has 18 nitrogen and oxygen atoms in total. The van der Waals surface area contributed by atoms with E-state index in [0.29, 0.717) is 0 Å². The second-order valence-electron chi connectivity index (χ2n) is 16.0. The van der Waals surface area contributed by atoms with Crippen molar-refractivity contribution in [3.05, 3.63) is 0 Å². The summed E-state index contributed by atoms with van der Waals surface area (Å²) < 4.78 is 31.5. The zero-order valence-corrected chi connectivity index (χ0v) is 35.8. The third-order valence-electron chi connectivity index (χ3n) is 8.19. The fourth-order valence-corrected chi connectivity index (χ4v) is 4.99. The molecule has 18 heteroatoms. The average molecular weight is 829 g/mol. The highest BCUT2D eigenvalue weighted by Gasteiger charge is 2.36. The van der Waals surface area contributed by atoms with Crippen molar-refractivity contribution in [1.29, 1.82) is 0 Å². The summed E-state index contributed by atoms with van der Waals surface area (Å²) in [5.41, 5.74) is 0. The molecule has 0 aromatic rings. The Labute approximate surface area is 343 Å². The first kappa shape index (κ1) is 51.7. The summed E-state index contributed by atoms with van der Waals surface area (Å²) in [7, 11) is 0. The van der Waals surface area contributed by atoms with Crippen molar-refractivity contribution in [2.45, 2.75) is 106 Å². The highest BCUT2D eigenvalue weighted by Crippen LogP contribution is 2.09. The molecule has 1 heterocycles. The van der Waals surface area contributed by atoms with Gasteiger partial charge in [-0.25, -0.2) is 0 Å². The van der Waals surface area contributed by atoms with Crippen LogP contribution in [0.3, 0.4) is 0 Å². The van der Waals surface area contributed by atoms with Crippen LogP contribution in [0.15, 0.2) is 0 Å². The van der Waals surface area contributed by atoms with Gasteiger partial charge in [0.2, 0.25) is 11.8 Å². The maximum absolute atomic E-state index is 12.8. The van der Waals surface area contributed by atoms with Crippen LogP contribution in [0.4, 0.5) is 0 Å². The van der Waals surface area contributed by atoms with Gasteiger partial charge in [-0.3, -0.25) is 48.2 Å². The quantitative estimate of drug-likeness (QED) is 0.0778. The average Bonchev–Trinajstić information content (AvgIpc) is 3.14. The van der Waals surface area contributed by atoms with Gasteiger partial charge in [0.05, 0.1) is 65.0 Å². The minimum absolute atomic E-state index is 0.0660. The zero-order chi connectivity index (χ0) is 43.6. The van der Waals surface area contributed by atoms with E-state index in [1.54, 1.807) is 9.80 Å². The number of nitrogens with one attached hydrogen (secondary N) is 2. The van der Waals surface area contributed by atoms with Crippen molar-refractivity contribution in [3.8, 4) is 0 Å². The van der Waals surface area contributed by atoms with E-state index in [-0.39, 0.29) is 128 Å². The smallest absolute Gasteiger partial charge is 0.308 e. The van der Waals surface area contributed by atoms with Crippen LogP contribution in [-0.4, -0.2) is 148 Å². The molecule has 2 N–H and O–H groups in total. The van der Waals surface area contributed by atoms with Crippen molar-refractivity contribution >= 4 is 47.6 Å². The number of amides is 2. The fourth-order valence-electron chi connectivity index (χ4n) is 4.99. The molecule has 1 aliphatic rings. The van der Waals surface area contributed by atoms with Gasteiger partial charge in [0.25, 0.3) is 0 Å². The summed E-state index contributed by atoms with van der Waals surface area (Å²) >= 11 is 0. The lowest BCUT2D eigenvalue weighted by atomic mass is 10.1. The molecule has 0 saturated carbocycles. The molecular weight excluding hydrogens is 760 g/mol. The van der Waals surface area contributed by atoms with E-state index in [0.717, 1.165) is 0 Å². The molecule has 0 aliphatic carbocycles. The monoisotopic (exact) mass is 828 g/mol. The van der Waals surface area contributed by atoms with Crippen LogP contribution in [0.2, 0.25) is 0 Å². The summed E-state index contributed by atoms with van der Waals surface area (Å²) in [6.07, 6.45) is -0.673. The third kappa shape index (κ3) is 25.8. The molecule has 0 bridgehead atoms. The minimum Gasteiger partial charge on any atom is -0.465 e. The van der Waals surface area contributed by atoms with Crippen molar-refractivity contribution in [2.75, 3.05) is 78.9 Å². The van der Waals surface area contributed by atoms with E-state index in [2.05, 4.69) is 10.6 Å². The van der Waals surface area contributed by atoms with Gasteiger partial charge < -0.3 is 39.1 Å². The molecular formula is C40H68N4O14. The number of ether oxygens (including phenoxy) is 6. The van der Waals surface area contributed by atoms with E-state index in [9.17, 15) is 38.4 Å². The molecule has 58 heavy (non-hydrogen) atoms. The number of carbonyl (C=O) groups is 8. The lowest BCUT2D eigenvalue weighted by molar-refractivity contribution is -0.151. The third-order valence-corrected chi connectivity index (χ3v) is 8.19. The van der Waals surface area contributed by atoms with E-state index in [4.69, 9.17) is 28.4 Å².